The summed E-state index contributed by atoms with van der Waals surface area (Å²) in [6, 6.07) is 22.9. The number of para-hydroxylation sites is 2. The summed E-state index contributed by atoms with van der Waals surface area (Å²) in [5, 5.41) is 3.35. The Kier molecular flexibility index (Phi) is 6.00. The number of nitrogens with one attached hydrogen (secondary N) is 1. The smallest absolute Gasteiger partial charge is 0.253 e. The van der Waals surface area contributed by atoms with Crippen molar-refractivity contribution in [3.8, 4) is 5.75 Å². The van der Waals surface area contributed by atoms with E-state index < -0.39 is 0 Å². The van der Waals surface area contributed by atoms with Gasteiger partial charge in [0.2, 0.25) is 0 Å². The van der Waals surface area contributed by atoms with Gasteiger partial charge in [0.1, 0.15) is 18.2 Å². The predicted octanol–water partition coefficient (Wildman–Crippen LogP) is 5.01. The Morgan fingerprint density at radius 3 is 2.70 bits per heavy atom. The van der Waals surface area contributed by atoms with E-state index in [4.69, 9.17) is 21.3 Å². The first-order valence-electron chi connectivity index (χ1n) is 9.78. The largest absolute Gasteiger partial charge is 0.492 e. The second kappa shape index (κ2) is 9.01. The van der Waals surface area contributed by atoms with Crippen molar-refractivity contribution in [2.75, 3.05) is 6.61 Å². The van der Waals surface area contributed by atoms with Gasteiger partial charge in [-0.2, -0.15) is 0 Å². The summed E-state index contributed by atoms with van der Waals surface area (Å²) in [4.78, 5) is 17.2. The van der Waals surface area contributed by atoms with Crippen LogP contribution >= 0.6 is 11.6 Å². The third-order valence-corrected chi connectivity index (χ3v) is 5.16. The number of carbonyl (C=O) groups is 1. The highest BCUT2D eigenvalue weighted by molar-refractivity contribution is 6.33. The standard InChI is InChI=1S/C24H22ClN3O2/c1-17-7-6-8-18(15-17)30-14-13-28-22-12-5-4-11-21(22)27-23(28)16-26-24(29)19-9-2-3-10-20(19)25/h2-12,15H,13-14,16H2,1H3,(H,26,29). The molecule has 1 N–H and O–H groups in total. The first kappa shape index (κ1) is 20.0. The molecule has 3 aromatic carbocycles. The molecule has 0 saturated heterocycles. The number of halogens is 1. The Labute approximate surface area is 180 Å². The number of ether oxygens (including phenoxy) is 1. The van der Waals surface area contributed by atoms with E-state index in [1.165, 1.54) is 0 Å². The zero-order valence-corrected chi connectivity index (χ0v) is 17.4. The molecular weight excluding hydrogens is 398 g/mol. The third kappa shape index (κ3) is 4.47. The van der Waals surface area contributed by atoms with Crippen molar-refractivity contribution >= 4 is 28.5 Å². The van der Waals surface area contributed by atoms with E-state index in [9.17, 15) is 4.79 Å². The highest BCUT2D eigenvalue weighted by atomic mass is 35.5. The van der Waals surface area contributed by atoms with Crippen LogP contribution in [-0.4, -0.2) is 22.1 Å². The van der Waals surface area contributed by atoms with E-state index in [0.717, 1.165) is 28.2 Å². The molecule has 1 amide bonds. The number of carbonyl (C=O) groups excluding carboxylic acids is 1. The lowest BCUT2D eigenvalue weighted by Gasteiger charge is -2.12. The van der Waals surface area contributed by atoms with Crippen molar-refractivity contribution in [1.29, 1.82) is 0 Å². The van der Waals surface area contributed by atoms with Gasteiger partial charge in [0.05, 0.1) is 34.7 Å². The highest BCUT2D eigenvalue weighted by Gasteiger charge is 2.14. The van der Waals surface area contributed by atoms with E-state index in [0.29, 0.717) is 30.3 Å². The van der Waals surface area contributed by atoms with Crippen LogP contribution in [0.2, 0.25) is 5.02 Å². The van der Waals surface area contributed by atoms with Crippen LogP contribution in [0.15, 0.2) is 72.8 Å². The van der Waals surface area contributed by atoms with Gasteiger partial charge in [0.25, 0.3) is 5.91 Å². The number of rotatable bonds is 7. The molecule has 0 saturated carbocycles. The molecule has 0 unspecified atom stereocenters. The summed E-state index contributed by atoms with van der Waals surface area (Å²) in [6.07, 6.45) is 0. The minimum atomic E-state index is -0.227. The van der Waals surface area contributed by atoms with Crippen molar-refractivity contribution in [2.45, 2.75) is 20.0 Å². The number of aryl methyl sites for hydroxylation is 1. The molecule has 0 spiro atoms. The molecule has 0 aliphatic rings. The van der Waals surface area contributed by atoms with E-state index in [-0.39, 0.29) is 5.91 Å². The Balaban J connectivity index is 1.50. The van der Waals surface area contributed by atoms with Crippen molar-refractivity contribution in [2.24, 2.45) is 0 Å². The van der Waals surface area contributed by atoms with Crippen LogP contribution in [0.5, 0.6) is 5.75 Å². The molecule has 30 heavy (non-hydrogen) atoms. The number of aromatic nitrogens is 2. The molecule has 0 aliphatic heterocycles. The minimum Gasteiger partial charge on any atom is -0.492 e. The molecule has 0 aliphatic carbocycles. The maximum Gasteiger partial charge on any atom is 0.253 e. The van der Waals surface area contributed by atoms with Gasteiger partial charge in [0, 0.05) is 0 Å². The zero-order valence-electron chi connectivity index (χ0n) is 16.6. The average molecular weight is 420 g/mol. The number of amides is 1. The maximum atomic E-state index is 12.5. The number of hydrogen-bond acceptors (Lipinski definition) is 3. The molecular formula is C24H22ClN3O2. The fraction of sp³-hybridized carbons (Fsp3) is 0.167. The summed E-state index contributed by atoms with van der Waals surface area (Å²) in [5.41, 5.74) is 3.50. The van der Waals surface area contributed by atoms with Crippen LogP contribution in [0.25, 0.3) is 11.0 Å². The number of imidazole rings is 1. The third-order valence-electron chi connectivity index (χ3n) is 4.83. The molecule has 1 aromatic heterocycles. The Morgan fingerprint density at radius 1 is 1.07 bits per heavy atom. The topological polar surface area (TPSA) is 56.1 Å². The van der Waals surface area contributed by atoms with Crippen LogP contribution in [0.1, 0.15) is 21.7 Å². The molecule has 5 nitrogen and oxygen atoms in total. The quantitative estimate of drug-likeness (QED) is 0.458. The van der Waals surface area contributed by atoms with Gasteiger partial charge in [-0.05, 0) is 48.9 Å². The Hall–Kier alpha value is -3.31. The SMILES string of the molecule is Cc1cccc(OCCn2c(CNC(=O)c3ccccc3Cl)nc3ccccc32)c1. The molecule has 0 bridgehead atoms. The summed E-state index contributed by atoms with van der Waals surface area (Å²) in [5.74, 6) is 1.38. The number of benzene rings is 3. The van der Waals surface area contributed by atoms with Crippen molar-refractivity contribution < 1.29 is 9.53 Å². The molecule has 0 radical (unpaired) electrons. The lowest BCUT2D eigenvalue weighted by molar-refractivity contribution is 0.0949. The second-order valence-corrected chi connectivity index (χ2v) is 7.40. The van der Waals surface area contributed by atoms with Crippen LogP contribution in [0.4, 0.5) is 0 Å². The molecule has 152 valence electrons. The fourth-order valence-electron chi connectivity index (χ4n) is 3.37. The van der Waals surface area contributed by atoms with Gasteiger partial charge < -0.3 is 14.6 Å². The minimum absolute atomic E-state index is 0.227. The fourth-order valence-corrected chi connectivity index (χ4v) is 3.59. The second-order valence-electron chi connectivity index (χ2n) is 7.00. The van der Waals surface area contributed by atoms with Crippen molar-refractivity contribution in [1.82, 2.24) is 14.9 Å². The van der Waals surface area contributed by atoms with Crippen LogP contribution < -0.4 is 10.1 Å². The number of hydrogen-bond donors (Lipinski definition) is 1. The first-order valence-corrected chi connectivity index (χ1v) is 10.2. The summed E-state index contributed by atoms with van der Waals surface area (Å²) >= 11 is 6.14. The van der Waals surface area contributed by atoms with Gasteiger partial charge in [-0.25, -0.2) is 4.98 Å². The van der Waals surface area contributed by atoms with Crippen molar-refractivity contribution in [3.63, 3.8) is 0 Å². The predicted molar refractivity (Wildman–Crippen MR) is 119 cm³/mol. The normalized spacial score (nSPS) is 10.9. The average Bonchev–Trinajstić information content (AvgIpc) is 3.10. The monoisotopic (exact) mass is 419 g/mol. The van der Waals surface area contributed by atoms with Gasteiger partial charge >= 0.3 is 0 Å². The van der Waals surface area contributed by atoms with Gasteiger partial charge in [-0.1, -0.05) is 48.0 Å². The summed E-state index contributed by atoms with van der Waals surface area (Å²) < 4.78 is 8.00. The molecule has 4 rings (SSSR count). The zero-order chi connectivity index (χ0) is 20.9. The van der Waals surface area contributed by atoms with E-state index >= 15 is 0 Å². The van der Waals surface area contributed by atoms with Crippen molar-refractivity contribution in [3.05, 3.63) is 94.8 Å². The molecule has 6 heteroatoms. The van der Waals surface area contributed by atoms with Gasteiger partial charge in [-0.3, -0.25) is 4.79 Å². The Bertz CT molecular complexity index is 1190. The van der Waals surface area contributed by atoms with Crippen LogP contribution in [0.3, 0.4) is 0 Å². The van der Waals surface area contributed by atoms with E-state index in [1.807, 2.05) is 55.5 Å². The van der Waals surface area contributed by atoms with E-state index in [1.54, 1.807) is 24.3 Å². The number of nitrogens with zero attached hydrogens (tertiary/aromatic N) is 2. The lowest BCUT2D eigenvalue weighted by Crippen LogP contribution is -2.25. The molecule has 1 heterocycles. The Morgan fingerprint density at radius 2 is 1.87 bits per heavy atom. The maximum absolute atomic E-state index is 12.5. The molecule has 4 aromatic rings. The molecule has 0 fully saturated rings. The summed E-state index contributed by atoms with van der Waals surface area (Å²) in [7, 11) is 0. The van der Waals surface area contributed by atoms with E-state index in [2.05, 4.69) is 9.88 Å². The lowest BCUT2D eigenvalue weighted by atomic mass is 10.2. The van der Waals surface area contributed by atoms with Crippen LogP contribution in [0, 0.1) is 6.92 Å². The van der Waals surface area contributed by atoms with Crippen LogP contribution in [-0.2, 0) is 13.1 Å². The van der Waals surface area contributed by atoms with Gasteiger partial charge in [-0.15, -0.1) is 0 Å². The van der Waals surface area contributed by atoms with Gasteiger partial charge in [0.15, 0.2) is 0 Å². The summed E-state index contributed by atoms with van der Waals surface area (Å²) in [6.45, 7) is 3.44. The first-order chi connectivity index (χ1) is 14.6. The molecule has 0 atom stereocenters. The number of fused-ring (bicyclic) bond motifs is 1. The highest BCUT2D eigenvalue weighted by Crippen LogP contribution is 2.18.